The molecule has 0 aliphatic heterocycles. The van der Waals surface area contributed by atoms with Gasteiger partial charge in [0, 0.05) is 24.1 Å². The molecule has 1 aromatic carbocycles. The zero-order valence-corrected chi connectivity index (χ0v) is 12.3. The lowest BCUT2D eigenvalue weighted by atomic mass is 10.2. The van der Waals surface area contributed by atoms with Crippen LogP contribution in [0, 0.1) is 10.1 Å². The van der Waals surface area contributed by atoms with E-state index in [1.54, 1.807) is 17.8 Å². The summed E-state index contributed by atoms with van der Waals surface area (Å²) in [5.74, 6) is 1.80. The quantitative estimate of drug-likeness (QED) is 0.459. The van der Waals surface area contributed by atoms with Crippen LogP contribution in [0.4, 0.5) is 5.69 Å². The van der Waals surface area contributed by atoms with Crippen molar-refractivity contribution in [2.45, 2.75) is 5.75 Å². The van der Waals surface area contributed by atoms with Gasteiger partial charge in [0.25, 0.3) is 5.69 Å². The first-order chi connectivity index (χ1) is 8.02. The van der Waals surface area contributed by atoms with Crippen LogP contribution in [-0.4, -0.2) is 36.2 Å². The summed E-state index contributed by atoms with van der Waals surface area (Å²) in [6.45, 7) is 1.01. The topological polar surface area (TPSA) is 46.4 Å². The first kappa shape index (κ1) is 14.5. The van der Waals surface area contributed by atoms with Crippen LogP contribution >= 0.6 is 27.7 Å². The lowest BCUT2D eigenvalue weighted by Crippen LogP contribution is -2.14. The molecule has 6 heteroatoms. The van der Waals surface area contributed by atoms with Crippen molar-refractivity contribution in [3.8, 4) is 0 Å². The third kappa shape index (κ3) is 4.65. The number of hydrogen-bond donors (Lipinski definition) is 0. The summed E-state index contributed by atoms with van der Waals surface area (Å²) < 4.78 is 0.599. The van der Waals surface area contributed by atoms with Crippen LogP contribution in [-0.2, 0) is 5.75 Å². The van der Waals surface area contributed by atoms with Crippen LogP contribution in [0.1, 0.15) is 5.56 Å². The average Bonchev–Trinajstić information content (AvgIpc) is 2.25. The Morgan fingerprint density at radius 2 is 2.18 bits per heavy atom. The van der Waals surface area contributed by atoms with Crippen LogP contribution in [0.25, 0.3) is 0 Å². The molecule has 0 unspecified atom stereocenters. The summed E-state index contributed by atoms with van der Waals surface area (Å²) in [7, 11) is 4.06. The molecule has 0 saturated heterocycles. The van der Waals surface area contributed by atoms with Gasteiger partial charge in [-0.15, -0.1) is 0 Å². The Morgan fingerprint density at radius 3 is 2.76 bits per heavy atom. The highest BCUT2D eigenvalue weighted by molar-refractivity contribution is 9.10. The summed E-state index contributed by atoms with van der Waals surface area (Å²) in [6, 6.07) is 5.16. The first-order valence-corrected chi connectivity index (χ1v) is 7.11. The van der Waals surface area contributed by atoms with Crippen molar-refractivity contribution in [1.29, 1.82) is 0 Å². The number of hydrogen-bond acceptors (Lipinski definition) is 4. The van der Waals surface area contributed by atoms with Gasteiger partial charge in [0.2, 0.25) is 0 Å². The zero-order chi connectivity index (χ0) is 12.8. The number of nitro benzene ring substituents is 1. The Kier molecular flexibility index (Phi) is 5.94. The molecule has 0 aliphatic rings. The van der Waals surface area contributed by atoms with E-state index in [1.165, 1.54) is 6.07 Å². The molecule has 0 aromatic heterocycles. The van der Waals surface area contributed by atoms with Crippen molar-refractivity contribution in [3.05, 3.63) is 38.3 Å². The van der Waals surface area contributed by atoms with E-state index in [4.69, 9.17) is 0 Å². The molecule has 1 rings (SSSR count). The zero-order valence-electron chi connectivity index (χ0n) is 9.85. The number of rotatable bonds is 6. The SMILES string of the molecule is CN(C)CCSCc1cccc([N+](=O)[O-])c1Br. The van der Waals surface area contributed by atoms with Crippen LogP contribution in [0.5, 0.6) is 0 Å². The van der Waals surface area contributed by atoms with E-state index in [9.17, 15) is 10.1 Å². The fourth-order valence-corrected chi connectivity index (χ4v) is 3.08. The van der Waals surface area contributed by atoms with Gasteiger partial charge in [-0.3, -0.25) is 10.1 Å². The van der Waals surface area contributed by atoms with Crippen LogP contribution in [0.15, 0.2) is 22.7 Å². The molecule has 17 heavy (non-hydrogen) atoms. The van der Waals surface area contributed by atoms with Crippen molar-refractivity contribution in [3.63, 3.8) is 0 Å². The number of halogens is 1. The normalized spacial score (nSPS) is 10.8. The summed E-state index contributed by atoms with van der Waals surface area (Å²) in [6.07, 6.45) is 0. The van der Waals surface area contributed by atoms with Gasteiger partial charge in [-0.1, -0.05) is 12.1 Å². The Morgan fingerprint density at radius 1 is 1.47 bits per heavy atom. The highest BCUT2D eigenvalue weighted by atomic mass is 79.9. The van der Waals surface area contributed by atoms with Crippen molar-refractivity contribution < 1.29 is 4.92 Å². The monoisotopic (exact) mass is 318 g/mol. The van der Waals surface area contributed by atoms with Crippen molar-refractivity contribution >= 4 is 33.4 Å². The van der Waals surface area contributed by atoms with Gasteiger partial charge < -0.3 is 4.90 Å². The molecule has 0 spiro atoms. The van der Waals surface area contributed by atoms with E-state index in [2.05, 4.69) is 20.8 Å². The molecular formula is C11H15BrN2O2S. The molecule has 0 radical (unpaired) electrons. The van der Waals surface area contributed by atoms with Crippen molar-refractivity contribution in [1.82, 2.24) is 4.90 Å². The minimum Gasteiger partial charge on any atom is -0.309 e. The minimum atomic E-state index is -0.363. The second-order valence-corrected chi connectivity index (χ2v) is 5.76. The van der Waals surface area contributed by atoms with Gasteiger partial charge in [0.1, 0.15) is 0 Å². The molecule has 0 aliphatic carbocycles. The summed E-state index contributed by atoms with van der Waals surface area (Å²) in [4.78, 5) is 12.5. The maximum Gasteiger partial charge on any atom is 0.283 e. The van der Waals surface area contributed by atoms with Crippen LogP contribution in [0.3, 0.4) is 0 Å². The number of nitro groups is 1. The fourth-order valence-electron chi connectivity index (χ4n) is 1.25. The smallest absolute Gasteiger partial charge is 0.283 e. The first-order valence-electron chi connectivity index (χ1n) is 5.16. The van der Waals surface area contributed by atoms with Gasteiger partial charge in [0.05, 0.1) is 9.40 Å². The molecule has 0 fully saturated rings. The molecular weight excluding hydrogens is 304 g/mol. The van der Waals surface area contributed by atoms with E-state index in [0.717, 1.165) is 23.6 Å². The Labute approximate surface area is 114 Å². The maximum atomic E-state index is 10.8. The molecule has 94 valence electrons. The molecule has 0 amide bonds. The van der Waals surface area contributed by atoms with Gasteiger partial charge in [-0.25, -0.2) is 0 Å². The van der Waals surface area contributed by atoms with Gasteiger partial charge in [-0.2, -0.15) is 11.8 Å². The van der Waals surface area contributed by atoms with Gasteiger partial charge in [0.15, 0.2) is 0 Å². The highest BCUT2D eigenvalue weighted by Crippen LogP contribution is 2.30. The molecule has 0 heterocycles. The third-order valence-corrected chi connectivity index (χ3v) is 4.10. The molecule has 0 saturated carbocycles. The molecule has 0 atom stereocenters. The van der Waals surface area contributed by atoms with Crippen LogP contribution < -0.4 is 0 Å². The molecule has 0 N–H and O–H groups in total. The number of nitrogens with zero attached hydrogens (tertiary/aromatic N) is 2. The van der Waals surface area contributed by atoms with E-state index in [-0.39, 0.29) is 10.6 Å². The van der Waals surface area contributed by atoms with Crippen molar-refractivity contribution in [2.75, 3.05) is 26.4 Å². The Hall–Kier alpha value is -0.590. The average molecular weight is 319 g/mol. The number of benzene rings is 1. The van der Waals surface area contributed by atoms with E-state index < -0.39 is 0 Å². The molecule has 1 aromatic rings. The summed E-state index contributed by atoms with van der Waals surface area (Å²) >= 11 is 5.07. The Bertz CT molecular complexity index is 399. The molecule has 0 bridgehead atoms. The predicted octanol–water partition coefficient (Wildman–Crippen LogP) is 3.15. The second kappa shape index (κ2) is 6.98. The van der Waals surface area contributed by atoms with Gasteiger partial charge in [-0.05, 0) is 35.6 Å². The Balaban J connectivity index is 2.59. The predicted molar refractivity (Wildman–Crippen MR) is 75.5 cm³/mol. The second-order valence-electron chi connectivity index (χ2n) is 3.86. The summed E-state index contributed by atoms with van der Waals surface area (Å²) in [5, 5.41) is 10.8. The maximum absolute atomic E-state index is 10.8. The molecule has 4 nitrogen and oxygen atoms in total. The standard InChI is InChI=1S/C11H15BrN2O2S/c1-13(2)6-7-17-8-9-4-3-5-10(11(9)12)14(15)16/h3-5H,6-8H2,1-2H3. The van der Waals surface area contributed by atoms with Crippen LogP contribution in [0.2, 0.25) is 0 Å². The van der Waals surface area contributed by atoms with Gasteiger partial charge >= 0.3 is 0 Å². The lowest BCUT2D eigenvalue weighted by molar-refractivity contribution is -0.385. The lowest BCUT2D eigenvalue weighted by Gasteiger charge is -2.09. The van der Waals surface area contributed by atoms with E-state index in [0.29, 0.717) is 4.47 Å². The third-order valence-electron chi connectivity index (χ3n) is 2.20. The largest absolute Gasteiger partial charge is 0.309 e. The fraction of sp³-hybridized carbons (Fsp3) is 0.455. The van der Waals surface area contributed by atoms with Crippen molar-refractivity contribution in [2.24, 2.45) is 0 Å². The summed E-state index contributed by atoms with van der Waals surface area (Å²) in [5.41, 5.74) is 1.11. The van der Waals surface area contributed by atoms with E-state index >= 15 is 0 Å². The van der Waals surface area contributed by atoms with E-state index in [1.807, 2.05) is 20.2 Å². The highest BCUT2D eigenvalue weighted by Gasteiger charge is 2.14. The minimum absolute atomic E-state index is 0.135. The number of thioether (sulfide) groups is 1.